The zero-order valence-electron chi connectivity index (χ0n) is 11.6. The fraction of sp³-hybridized carbons (Fsp3) is 0.0714. The molecule has 0 radical (unpaired) electrons. The molecule has 0 saturated carbocycles. The zero-order chi connectivity index (χ0) is 17.9. The van der Waals surface area contributed by atoms with Gasteiger partial charge in [0.05, 0.1) is 15.1 Å². The summed E-state index contributed by atoms with van der Waals surface area (Å²) in [4.78, 5) is 27.4. The average Bonchev–Trinajstić information content (AvgIpc) is 2.49. The molecule has 5 nitrogen and oxygen atoms in total. The summed E-state index contributed by atoms with van der Waals surface area (Å²) in [6.07, 6.45) is 1.15. The molecule has 1 aromatic carbocycles. The van der Waals surface area contributed by atoms with Crippen LogP contribution in [0.2, 0.25) is 25.1 Å². The molecule has 0 saturated heterocycles. The second-order valence-corrected chi connectivity index (χ2v) is 6.40. The number of esters is 1. The maximum Gasteiger partial charge on any atom is 0.359 e. The molecule has 0 aliphatic heterocycles. The van der Waals surface area contributed by atoms with E-state index in [2.05, 4.69) is 10.3 Å². The number of halogens is 5. The van der Waals surface area contributed by atoms with Gasteiger partial charge in [0.15, 0.2) is 12.3 Å². The van der Waals surface area contributed by atoms with E-state index in [0.717, 1.165) is 6.20 Å². The number of rotatable bonds is 4. The largest absolute Gasteiger partial charge is 0.451 e. The smallest absolute Gasteiger partial charge is 0.359 e. The van der Waals surface area contributed by atoms with E-state index in [1.807, 2.05) is 0 Å². The Morgan fingerprint density at radius 1 is 1.00 bits per heavy atom. The number of aromatic nitrogens is 1. The summed E-state index contributed by atoms with van der Waals surface area (Å²) in [5.74, 6) is -1.52. The Morgan fingerprint density at radius 2 is 1.62 bits per heavy atom. The van der Waals surface area contributed by atoms with Gasteiger partial charge in [0.1, 0.15) is 0 Å². The first-order chi connectivity index (χ1) is 11.3. The first-order valence-electron chi connectivity index (χ1n) is 6.20. The van der Waals surface area contributed by atoms with Crippen LogP contribution >= 0.6 is 58.0 Å². The molecule has 2 aromatic rings. The molecule has 1 amide bonds. The summed E-state index contributed by atoms with van der Waals surface area (Å²) in [6.45, 7) is -0.568. The van der Waals surface area contributed by atoms with Gasteiger partial charge in [-0.3, -0.25) is 4.79 Å². The molecule has 0 spiro atoms. The van der Waals surface area contributed by atoms with Crippen molar-refractivity contribution in [1.82, 2.24) is 4.98 Å². The highest BCUT2D eigenvalue weighted by atomic mass is 35.5. The van der Waals surface area contributed by atoms with E-state index in [-0.39, 0.29) is 20.8 Å². The number of amides is 1. The van der Waals surface area contributed by atoms with Gasteiger partial charge in [-0.05, 0) is 18.2 Å². The van der Waals surface area contributed by atoms with Gasteiger partial charge in [-0.15, -0.1) is 0 Å². The predicted octanol–water partition coefficient (Wildman–Crippen LogP) is 5.14. The molecule has 24 heavy (non-hydrogen) atoms. The van der Waals surface area contributed by atoms with Crippen LogP contribution in [0.5, 0.6) is 0 Å². The molecule has 0 unspecified atom stereocenters. The predicted molar refractivity (Wildman–Crippen MR) is 94.6 cm³/mol. The second kappa shape index (κ2) is 8.23. The van der Waals surface area contributed by atoms with E-state index in [0.29, 0.717) is 15.7 Å². The summed E-state index contributed by atoms with van der Waals surface area (Å²) in [7, 11) is 0. The number of nitrogens with one attached hydrogen (secondary N) is 1. The first kappa shape index (κ1) is 19.1. The molecule has 0 atom stereocenters. The van der Waals surface area contributed by atoms with E-state index in [1.54, 1.807) is 0 Å². The normalized spacial score (nSPS) is 10.4. The van der Waals surface area contributed by atoms with Crippen molar-refractivity contribution in [1.29, 1.82) is 0 Å². The highest BCUT2D eigenvalue weighted by Crippen LogP contribution is 2.31. The van der Waals surface area contributed by atoms with E-state index in [1.165, 1.54) is 18.2 Å². The maximum absolute atomic E-state index is 11.9. The summed E-state index contributed by atoms with van der Waals surface area (Å²) in [6, 6.07) is 4.49. The van der Waals surface area contributed by atoms with Crippen molar-refractivity contribution < 1.29 is 14.3 Å². The Hall–Kier alpha value is -1.24. The summed E-state index contributed by atoms with van der Waals surface area (Å²) in [5.41, 5.74) is 0.115. The third-order valence-electron chi connectivity index (χ3n) is 2.59. The third kappa shape index (κ3) is 4.88. The van der Waals surface area contributed by atoms with Crippen molar-refractivity contribution in [2.45, 2.75) is 0 Å². The Kier molecular flexibility index (Phi) is 6.54. The second-order valence-electron chi connectivity index (χ2n) is 4.37. The number of hydrogen-bond donors (Lipinski definition) is 1. The monoisotopic (exact) mass is 426 g/mol. The summed E-state index contributed by atoms with van der Waals surface area (Å²) < 4.78 is 4.83. The van der Waals surface area contributed by atoms with Gasteiger partial charge in [-0.25, -0.2) is 9.78 Å². The maximum atomic E-state index is 11.9. The third-order valence-corrected chi connectivity index (χ3v) is 4.27. The lowest BCUT2D eigenvalue weighted by atomic mass is 10.3. The summed E-state index contributed by atoms with van der Waals surface area (Å²) in [5, 5.41) is 3.08. The molecule has 126 valence electrons. The minimum Gasteiger partial charge on any atom is -0.451 e. The number of carbonyl (C=O) groups excluding carboxylic acids is 2. The van der Waals surface area contributed by atoms with E-state index < -0.39 is 18.5 Å². The van der Waals surface area contributed by atoms with Crippen molar-refractivity contribution in [2.75, 3.05) is 11.9 Å². The van der Waals surface area contributed by atoms with Crippen LogP contribution in [0.3, 0.4) is 0 Å². The van der Waals surface area contributed by atoms with Crippen molar-refractivity contribution in [3.63, 3.8) is 0 Å². The Labute approximate surface area is 161 Å². The molecular weight excluding hydrogens is 421 g/mol. The molecule has 0 aliphatic rings. The van der Waals surface area contributed by atoms with Crippen molar-refractivity contribution in [3.8, 4) is 0 Å². The highest BCUT2D eigenvalue weighted by molar-refractivity contribution is 6.48. The fourth-order valence-corrected chi connectivity index (χ4v) is 2.69. The highest BCUT2D eigenvalue weighted by Gasteiger charge is 2.19. The Balaban J connectivity index is 1.99. The SMILES string of the molecule is O=C(COC(=O)c1ncc(Cl)c(Cl)c1Cl)Nc1cc(Cl)cc(Cl)c1. The van der Waals surface area contributed by atoms with Crippen LogP contribution in [0.25, 0.3) is 0 Å². The molecule has 0 bridgehead atoms. The van der Waals surface area contributed by atoms with E-state index in [9.17, 15) is 9.59 Å². The van der Waals surface area contributed by atoms with E-state index in [4.69, 9.17) is 62.7 Å². The van der Waals surface area contributed by atoms with Gasteiger partial charge in [0.2, 0.25) is 0 Å². The van der Waals surface area contributed by atoms with Crippen LogP contribution < -0.4 is 5.32 Å². The molecule has 10 heteroatoms. The van der Waals surface area contributed by atoms with Gasteiger partial charge >= 0.3 is 5.97 Å². The number of hydrogen-bond acceptors (Lipinski definition) is 4. The quantitative estimate of drug-likeness (QED) is 0.685. The van der Waals surface area contributed by atoms with Gasteiger partial charge in [0, 0.05) is 21.9 Å². The molecule has 1 aromatic heterocycles. The lowest BCUT2D eigenvalue weighted by Gasteiger charge is -2.08. The number of benzene rings is 1. The number of nitrogens with zero attached hydrogens (tertiary/aromatic N) is 1. The van der Waals surface area contributed by atoms with Gasteiger partial charge in [-0.2, -0.15) is 0 Å². The lowest BCUT2D eigenvalue weighted by Crippen LogP contribution is -2.21. The van der Waals surface area contributed by atoms with Gasteiger partial charge in [0.25, 0.3) is 5.91 Å². The zero-order valence-corrected chi connectivity index (χ0v) is 15.4. The Morgan fingerprint density at radius 3 is 2.25 bits per heavy atom. The topological polar surface area (TPSA) is 68.3 Å². The van der Waals surface area contributed by atoms with Crippen LogP contribution in [-0.2, 0) is 9.53 Å². The fourth-order valence-electron chi connectivity index (χ4n) is 1.61. The van der Waals surface area contributed by atoms with Crippen LogP contribution in [0.15, 0.2) is 24.4 Å². The van der Waals surface area contributed by atoms with Crippen molar-refractivity contribution >= 4 is 75.6 Å². The number of pyridine rings is 1. The molecule has 0 fully saturated rings. The van der Waals surface area contributed by atoms with Crippen LogP contribution in [-0.4, -0.2) is 23.5 Å². The van der Waals surface area contributed by atoms with Crippen LogP contribution in [0, 0.1) is 0 Å². The summed E-state index contributed by atoms with van der Waals surface area (Å²) >= 11 is 29.0. The molecular formula is C14H7Cl5N2O3. The van der Waals surface area contributed by atoms with Gasteiger partial charge < -0.3 is 10.1 Å². The number of ether oxygens (including phenoxy) is 1. The molecule has 0 aliphatic carbocycles. The van der Waals surface area contributed by atoms with Crippen LogP contribution in [0.4, 0.5) is 5.69 Å². The Bertz CT molecular complexity index is 793. The standard InChI is InChI=1S/C14H7Cl5N2O3/c15-6-1-7(16)3-8(2-6)21-10(22)5-24-14(23)13-12(19)11(18)9(17)4-20-13/h1-4H,5H2,(H,21,22). The molecule has 1 heterocycles. The van der Waals surface area contributed by atoms with E-state index >= 15 is 0 Å². The van der Waals surface area contributed by atoms with Crippen molar-refractivity contribution in [3.05, 3.63) is 55.2 Å². The van der Waals surface area contributed by atoms with Gasteiger partial charge in [-0.1, -0.05) is 58.0 Å². The number of anilines is 1. The minimum absolute atomic E-state index is 0.0293. The lowest BCUT2D eigenvalue weighted by molar-refractivity contribution is -0.119. The minimum atomic E-state index is -0.919. The van der Waals surface area contributed by atoms with Crippen LogP contribution in [0.1, 0.15) is 10.5 Å². The average molecular weight is 428 g/mol. The van der Waals surface area contributed by atoms with Crippen molar-refractivity contribution in [2.24, 2.45) is 0 Å². The first-order valence-corrected chi connectivity index (χ1v) is 8.09. The molecule has 2 rings (SSSR count). The molecule has 1 N–H and O–H groups in total. The number of carbonyl (C=O) groups is 2.